The molecule has 0 saturated carbocycles. The summed E-state index contributed by atoms with van der Waals surface area (Å²) < 4.78 is 7.87. The molecule has 2 N–H and O–H groups in total. The first-order chi connectivity index (χ1) is 9.58. The SMILES string of the molecule is CCC(N)Cc1ccc(Oc2cccc(Br)c2)cc1Br. The van der Waals surface area contributed by atoms with Crippen LogP contribution in [0.3, 0.4) is 0 Å². The zero-order valence-corrected chi connectivity index (χ0v) is 14.4. The molecule has 1 unspecified atom stereocenters. The first-order valence-electron chi connectivity index (χ1n) is 6.56. The molecule has 0 amide bonds. The molecule has 2 aromatic carbocycles. The first-order valence-corrected chi connectivity index (χ1v) is 8.14. The van der Waals surface area contributed by atoms with Gasteiger partial charge in [0.05, 0.1) is 0 Å². The fraction of sp³-hybridized carbons (Fsp3) is 0.250. The molecular weight excluding hydrogens is 382 g/mol. The van der Waals surface area contributed by atoms with E-state index in [0.29, 0.717) is 0 Å². The Morgan fingerprint density at radius 3 is 2.50 bits per heavy atom. The minimum Gasteiger partial charge on any atom is -0.457 e. The lowest BCUT2D eigenvalue weighted by molar-refractivity contribution is 0.481. The van der Waals surface area contributed by atoms with E-state index in [4.69, 9.17) is 10.5 Å². The Morgan fingerprint density at radius 1 is 1.10 bits per heavy atom. The van der Waals surface area contributed by atoms with Gasteiger partial charge in [-0.05, 0) is 48.7 Å². The Hall–Kier alpha value is -0.840. The summed E-state index contributed by atoms with van der Waals surface area (Å²) in [7, 11) is 0. The molecule has 0 aliphatic heterocycles. The summed E-state index contributed by atoms with van der Waals surface area (Å²) >= 11 is 7.02. The molecule has 0 aliphatic rings. The van der Waals surface area contributed by atoms with Gasteiger partial charge in [0.15, 0.2) is 0 Å². The Balaban J connectivity index is 2.13. The van der Waals surface area contributed by atoms with Crippen molar-refractivity contribution >= 4 is 31.9 Å². The summed E-state index contributed by atoms with van der Waals surface area (Å²) in [6.45, 7) is 2.10. The monoisotopic (exact) mass is 397 g/mol. The van der Waals surface area contributed by atoms with Crippen molar-refractivity contribution in [3.05, 3.63) is 57.0 Å². The lowest BCUT2D eigenvalue weighted by Gasteiger charge is -2.12. The van der Waals surface area contributed by atoms with Crippen molar-refractivity contribution < 1.29 is 4.74 Å². The molecule has 0 radical (unpaired) electrons. The summed E-state index contributed by atoms with van der Waals surface area (Å²) in [4.78, 5) is 0. The van der Waals surface area contributed by atoms with Gasteiger partial charge in [-0.3, -0.25) is 0 Å². The van der Waals surface area contributed by atoms with E-state index in [1.165, 1.54) is 5.56 Å². The number of ether oxygens (including phenoxy) is 1. The molecule has 0 bridgehead atoms. The number of hydrogen-bond donors (Lipinski definition) is 1. The van der Waals surface area contributed by atoms with Crippen LogP contribution in [0.4, 0.5) is 0 Å². The first kappa shape index (κ1) is 15.5. The van der Waals surface area contributed by atoms with Crippen molar-refractivity contribution in [3.8, 4) is 11.5 Å². The highest BCUT2D eigenvalue weighted by Crippen LogP contribution is 2.29. The smallest absolute Gasteiger partial charge is 0.128 e. The molecule has 1 atom stereocenters. The van der Waals surface area contributed by atoms with E-state index in [0.717, 1.165) is 33.3 Å². The maximum Gasteiger partial charge on any atom is 0.128 e. The molecule has 0 spiro atoms. The minimum atomic E-state index is 0.197. The largest absolute Gasteiger partial charge is 0.457 e. The van der Waals surface area contributed by atoms with Gasteiger partial charge in [-0.1, -0.05) is 50.9 Å². The molecular formula is C16H17Br2NO. The summed E-state index contributed by atoms with van der Waals surface area (Å²) in [5, 5.41) is 0. The molecule has 0 aliphatic carbocycles. The van der Waals surface area contributed by atoms with Gasteiger partial charge in [-0.2, -0.15) is 0 Å². The molecule has 0 saturated heterocycles. The Kier molecular flexibility index (Phi) is 5.64. The molecule has 4 heteroatoms. The lowest BCUT2D eigenvalue weighted by Crippen LogP contribution is -2.21. The van der Waals surface area contributed by atoms with Gasteiger partial charge in [0, 0.05) is 15.0 Å². The van der Waals surface area contributed by atoms with Crippen molar-refractivity contribution in [3.63, 3.8) is 0 Å². The van der Waals surface area contributed by atoms with E-state index in [-0.39, 0.29) is 6.04 Å². The molecule has 20 heavy (non-hydrogen) atoms. The quantitative estimate of drug-likeness (QED) is 0.743. The predicted octanol–water partition coefficient (Wildman–Crippen LogP) is 5.28. The average molecular weight is 399 g/mol. The third-order valence-corrected chi connectivity index (χ3v) is 4.29. The Bertz CT molecular complexity index is 586. The number of rotatable bonds is 5. The van der Waals surface area contributed by atoms with Gasteiger partial charge in [0.2, 0.25) is 0 Å². The van der Waals surface area contributed by atoms with E-state index >= 15 is 0 Å². The van der Waals surface area contributed by atoms with Crippen molar-refractivity contribution in [2.24, 2.45) is 5.73 Å². The van der Waals surface area contributed by atoms with Crippen LogP contribution < -0.4 is 10.5 Å². The van der Waals surface area contributed by atoms with E-state index in [2.05, 4.69) is 44.8 Å². The molecule has 2 rings (SSSR count). The number of benzene rings is 2. The maximum atomic E-state index is 5.99. The topological polar surface area (TPSA) is 35.2 Å². The van der Waals surface area contributed by atoms with Crippen molar-refractivity contribution in [1.29, 1.82) is 0 Å². The van der Waals surface area contributed by atoms with Gasteiger partial charge < -0.3 is 10.5 Å². The molecule has 106 valence electrons. The third-order valence-electron chi connectivity index (χ3n) is 3.06. The number of halogens is 2. The van der Waals surface area contributed by atoms with Crippen LogP contribution in [0.1, 0.15) is 18.9 Å². The van der Waals surface area contributed by atoms with Gasteiger partial charge >= 0.3 is 0 Å². The lowest BCUT2D eigenvalue weighted by atomic mass is 10.0. The van der Waals surface area contributed by atoms with Crippen molar-refractivity contribution in [1.82, 2.24) is 0 Å². The van der Waals surface area contributed by atoms with Gasteiger partial charge in [0.25, 0.3) is 0 Å². The highest BCUT2D eigenvalue weighted by Gasteiger charge is 2.07. The van der Waals surface area contributed by atoms with E-state index in [1.54, 1.807) is 0 Å². The molecule has 0 fully saturated rings. The van der Waals surface area contributed by atoms with Crippen LogP contribution in [0.2, 0.25) is 0 Å². The minimum absolute atomic E-state index is 0.197. The van der Waals surface area contributed by atoms with Crippen LogP contribution in [0, 0.1) is 0 Å². The predicted molar refractivity (Wildman–Crippen MR) is 90.3 cm³/mol. The third kappa shape index (κ3) is 4.33. The second-order valence-corrected chi connectivity index (χ2v) is 6.46. The molecule has 2 nitrogen and oxygen atoms in total. The summed E-state index contributed by atoms with van der Waals surface area (Å²) in [6, 6.07) is 14.0. The number of nitrogens with two attached hydrogens (primary N) is 1. The van der Waals surface area contributed by atoms with Crippen LogP contribution in [0.15, 0.2) is 51.4 Å². The van der Waals surface area contributed by atoms with E-state index in [1.807, 2.05) is 36.4 Å². The fourth-order valence-electron chi connectivity index (χ4n) is 1.85. The normalized spacial score (nSPS) is 12.2. The van der Waals surface area contributed by atoms with Gasteiger partial charge in [-0.25, -0.2) is 0 Å². The van der Waals surface area contributed by atoms with Crippen LogP contribution in [-0.4, -0.2) is 6.04 Å². The van der Waals surface area contributed by atoms with Gasteiger partial charge in [-0.15, -0.1) is 0 Å². The van der Waals surface area contributed by atoms with Crippen LogP contribution in [-0.2, 0) is 6.42 Å². The number of hydrogen-bond acceptors (Lipinski definition) is 2. The Morgan fingerprint density at radius 2 is 1.85 bits per heavy atom. The highest BCUT2D eigenvalue weighted by atomic mass is 79.9. The summed E-state index contributed by atoms with van der Waals surface area (Å²) in [5.41, 5.74) is 7.20. The van der Waals surface area contributed by atoms with Gasteiger partial charge in [0.1, 0.15) is 11.5 Å². The van der Waals surface area contributed by atoms with E-state index < -0.39 is 0 Å². The molecule has 0 heterocycles. The second kappa shape index (κ2) is 7.25. The zero-order chi connectivity index (χ0) is 14.5. The maximum absolute atomic E-state index is 5.99. The standard InChI is InChI=1S/C16H17Br2NO/c1-2-13(19)8-11-6-7-15(10-16(11)18)20-14-5-3-4-12(17)9-14/h3-7,9-10,13H,2,8,19H2,1H3. The van der Waals surface area contributed by atoms with Crippen LogP contribution >= 0.6 is 31.9 Å². The zero-order valence-electron chi connectivity index (χ0n) is 11.3. The second-order valence-electron chi connectivity index (χ2n) is 4.69. The van der Waals surface area contributed by atoms with Crippen LogP contribution in [0.25, 0.3) is 0 Å². The Labute approximate surface area is 136 Å². The average Bonchev–Trinajstić information content (AvgIpc) is 2.41. The van der Waals surface area contributed by atoms with Crippen molar-refractivity contribution in [2.45, 2.75) is 25.8 Å². The molecule has 0 aromatic heterocycles. The fourth-order valence-corrected chi connectivity index (χ4v) is 2.75. The van der Waals surface area contributed by atoms with E-state index in [9.17, 15) is 0 Å². The summed E-state index contributed by atoms with van der Waals surface area (Å²) in [6.07, 6.45) is 1.84. The van der Waals surface area contributed by atoms with Crippen molar-refractivity contribution in [2.75, 3.05) is 0 Å². The highest BCUT2D eigenvalue weighted by molar-refractivity contribution is 9.10. The summed E-state index contributed by atoms with van der Waals surface area (Å²) in [5.74, 6) is 1.62. The van der Waals surface area contributed by atoms with Crippen LogP contribution in [0.5, 0.6) is 11.5 Å². The molecule has 2 aromatic rings.